The Kier molecular flexibility index (Phi) is 1.98. The molecule has 0 aromatic rings. The minimum Gasteiger partial charge on any atom is -0.380 e. The first kappa shape index (κ1) is 7.97. The monoisotopic (exact) mass is 165 g/mol. The van der Waals surface area contributed by atoms with Crippen molar-refractivity contribution >= 4 is 10.0 Å². The van der Waals surface area contributed by atoms with E-state index in [4.69, 9.17) is 9.88 Å². The van der Waals surface area contributed by atoms with Gasteiger partial charge >= 0.3 is 0 Å². The summed E-state index contributed by atoms with van der Waals surface area (Å²) < 4.78 is 26.4. The van der Waals surface area contributed by atoms with E-state index in [1.165, 1.54) is 0 Å². The summed E-state index contributed by atoms with van der Waals surface area (Å²) in [6.45, 7) is 2.57. The Morgan fingerprint density at radius 2 is 2.10 bits per heavy atom. The third kappa shape index (κ3) is 1.47. The molecular weight excluding hydrogens is 154 g/mol. The summed E-state index contributed by atoms with van der Waals surface area (Å²) in [5, 5.41) is 4.43. The Morgan fingerprint density at radius 3 is 2.30 bits per heavy atom. The Bertz CT molecular complexity index is 211. The van der Waals surface area contributed by atoms with E-state index >= 15 is 0 Å². The van der Waals surface area contributed by atoms with Crippen LogP contribution in [0.3, 0.4) is 0 Å². The van der Waals surface area contributed by atoms with Gasteiger partial charge in [0, 0.05) is 0 Å². The molecule has 2 atom stereocenters. The van der Waals surface area contributed by atoms with Crippen LogP contribution < -0.4 is 5.14 Å². The smallest absolute Gasteiger partial charge is 0.214 e. The summed E-state index contributed by atoms with van der Waals surface area (Å²) in [6.07, 6.45) is 0. The number of sulfonamides is 1. The molecule has 1 heterocycles. The molecule has 0 aliphatic carbocycles. The van der Waals surface area contributed by atoms with Crippen LogP contribution in [-0.4, -0.2) is 26.9 Å². The van der Waals surface area contributed by atoms with Crippen LogP contribution in [0.2, 0.25) is 0 Å². The summed E-state index contributed by atoms with van der Waals surface area (Å²) in [4.78, 5) is 0. The van der Waals surface area contributed by atoms with Gasteiger partial charge in [-0.3, -0.25) is 0 Å². The van der Waals surface area contributed by atoms with Crippen molar-refractivity contribution in [3.8, 4) is 0 Å². The van der Waals surface area contributed by atoms with Crippen molar-refractivity contribution in [2.75, 3.05) is 13.2 Å². The van der Waals surface area contributed by atoms with Crippen LogP contribution in [-0.2, 0) is 14.8 Å². The largest absolute Gasteiger partial charge is 0.380 e. The van der Waals surface area contributed by atoms with Crippen molar-refractivity contribution in [3.05, 3.63) is 0 Å². The normalized spacial score (nSPS) is 34.6. The fraction of sp³-hybridized carbons (Fsp3) is 1.00. The third-order valence-electron chi connectivity index (χ3n) is 1.72. The molecule has 1 aliphatic heterocycles. The molecule has 0 radical (unpaired) electrons. The number of hydrogen-bond acceptors (Lipinski definition) is 3. The summed E-state index contributed by atoms with van der Waals surface area (Å²) >= 11 is 0. The number of primary sulfonamides is 1. The van der Waals surface area contributed by atoms with E-state index in [-0.39, 0.29) is 12.5 Å². The van der Waals surface area contributed by atoms with Crippen LogP contribution in [0.4, 0.5) is 0 Å². The third-order valence-corrected chi connectivity index (χ3v) is 3.16. The first-order valence-electron chi connectivity index (χ1n) is 3.11. The Labute approximate surface area is 60.4 Å². The highest BCUT2D eigenvalue weighted by atomic mass is 32.2. The fourth-order valence-corrected chi connectivity index (χ4v) is 2.07. The number of nitrogens with two attached hydrogens (primary N) is 1. The molecule has 0 saturated carbocycles. The molecule has 0 amide bonds. The minimum atomic E-state index is -3.38. The van der Waals surface area contributed by atoms with Gasteiger partial charge in [0.1, 0.15) is 5.25 Å². The predicted octanol–water partition coefficient (Wildman–Crippen LogP) is -0.690. The van der Waals surface area contributed by atoms with Gasteiger partial charge in [-0.1, -0.05) is 6.92 Å². The van der Waals surface area contributed by atoms with Crippen LogP contribution in [0.5, 0.6) is 0 Å². The maximum absolute atomic E-state index is 10.7. The SMILES string of the molecule is CC1COCC1S(N)(=O)=O. The Balaban J connectivity index is 2.74. The maximum Gasteiger partial charge on any atom is 0.214 e. The Morgan fingerprint density at radius 1 is 1.50 bits per heavy atom. The lowest BCUT2D eigenvalue weighted by Gasteiger charge is -2.08. The first-order chi connectivity index (χ1) is 4.52. The molecule has 10 heavy (non-hydrogen) atoms. The lowest BCUT2D eigenvalue weighted by molar-refractivity contribution is 0.188. The van der Waals surface area contributed by atoms with Crippen LogP contribution in [0.1, 0.15) is 6.92 Å². The van der Waals surface area contributed by atoms with Crippen LogP contribution in [0.15, 0.2) is 0 Å². The zero-order chi connectivity index (χ0) is 7.78. The molecule has 5 heteroatoms. The van der Waals surface area contributed by atoms with E-state index in [2.05, 4.69) is 0 Å². The molecule has 4 nitrogen and oxygen atoms in total. The van der Waals surface area contributed by atoms with Crippen molar-refractivity contribution < 1.29 is 13.2 Å². The van der Waals surface area contributed by atoms with E-state index in [1.807, 2.05) is 6.92 Å². The van der Waals surface area contributed by atoms with Crippen molar-refractivity contribution in [3.63, 3.8) is 0 Å². The predicted molar refractivity (Wildman–Crippen MR) is 36.9 cm³/mol. The molecule has 0 spiro atoms. The van der Waals surface area contributed by atoms with Crippen molar-refractivity contribution in [2.24, 2.45) is 11.1 Å². The summed E-state index contributed by atoms with van der Waals surface area (Å²) in [5.41, 5.74) is 0. The summed E-state index contributed by atoms with van der Waals surface area (Å²) in [5.74, 6) is 0.0370. The highest BCUT2D eigenvalue weighted by molar-refractivity contribution is 7.89. The molecule has 0 aromatic heterocycles. The van der Waals surface area contributed by atoms with Crippen molar-refractivity contribution in [2.45, 2.75) is 12.2 Å². The Hall–Kier alpha value is -0.130. The van der Waals surface area contributed by atoms with Crippen molar-refractivity contribution in [1.29, 1.82) is 0 Å². The zero-order valence-electron chi connectivity index (χ0n) is 5.78. The van der Waals surface area contributed by atoms with E-state index in [0.29, 0.717) is 6.61 Å². The maximum atomic E-state index is 10.7. The second-order valence-corrected chi connectivity index (χ2v) is 4.43. The molecule has 0 aromatic carbocycles. The van der Waals surface area contributed by atoms with Gasteiger partial charge in [0.15, 0.2) is 0 Å². The lowest BCUT2D eigenvalue weighted by Crippen LogP contribution is -2.33. The molecule has 0 bridgehead atoms. The first-order valence-corrected chi connectivity index (χ1v) is 4.72. The average Bonchev–Trinajstić information content (AvgIpc) is 2.11. The van der Waals surface area contributed by atoms with Crippen LogP contribution in [0.25, 0.3) is 0 Å². The quantitative estimate of drug-likeness (QED) is 0.559. The molecular formula is C5H11NO3S. The number of rotatable bonds is 1. The van der Waals surface area contributed by atoms with Gasteiger partial charge < -0.3 is 4.74 Å². The topological polar surface area (TPSA) is 69.4 Å². The molecule has 1 rings (SSSR count). The zero-order valence-corrected chi connectivity index (χ0v) is 6.60. The second kappa shape index (κ2) is 2.48. The van der Waals surface area contributed by atoms with Crippen LogP contribution in [0, 0.1) is 5.92 Å². The van der Waals surface area contributed by atoms with E-state index in [1.54, 1.807) is 0 Å². The van der Waals surface area contributed by atoms with Gasteiger partial charge in [-0.15, -0.1) is 0 Å². The molecule has 2 N–H and O–H groups in total. The van der Waals surface area contributed by atoms with Crippen LogP contribution >= 0.6 is 0 Å². The summed E-state index contributed by atoms with van der Waals surface area (Å²) in [6, 6.07) is 0. The van der Waals surface area contributed by atoms with E-state index < -0.39 is 15.3 Å². The molecule has 1 saturated heterocycles. The van der Waals surface area contributed by atoms with E-state index in [9.17, 15) is 8.42 Å². The minimum absolute atomic E-state index is 0.0370. The standard InChI is InChI=1S/C5H11NO3S/c1-4-2-9-3-5(4)10(6,7)8/h4-5H,2-3H2,1H3,(H2,6,7,8). The highest BCUT2D eigenvalue weighted by Gasteiger charge is 2.32. The van der Waals surface area contributed by atoms with Gasteiger partial charge in [0.25, 0.3) is 0 Å². The molecule has 1 aliphatic rings. The van der Waals surface area contributed by atoms with Crippen molar-refractivity contribution in [1.82, 2.24) is 0 Å². The van der Waals surface area contributed by atoms with Gasteiger partial charge in [-0.25, -0.2) is 13.6 Å². The molecule has 2 unspecified atom stereocenters. The van der Waals surface area contributed by atoms with Gasteiger partial charge in [0.2, 0.25) is 10.0 Å². The lowest BCUT2D eigenvalue weighted by atomic mass is 10.2. The average molecular weight is 165 g/mol. The highest BCUT2D eigenvalue weighted by Crippen LogP contribution is 2.17. The van der Waals surface area contributed by atoms with Gasteiger partial charge in [-0.2, -0.15) is 0 Å². The van der Waals surface area contributed by atoms with E-state index in [0.717, 1.165) is 0 Å². The summed E-state index contributed by atoms with van der Waals surface area (Å²) in [7, 11) is -3.38. The number of hydrogen-bond donors (Lipinski definition) is 1. The second-order valence-electron chi connectivity index (χ2n) is 2.64. The van der Waals surface area contributed by atoms with Gasteiger partial charge in [-0.05, 0) is 5.92 Å². The van der Waals surface area contributed by atoms with Gasteiger partial charge in [0.05, 0.1) is 13.2 Å². The molecule has 60 valence electrons. The fourth-order valence-electron chi connectivity index (χ4n) is 1.06. The number of ether oxygens (including phenoxy) is 1. The molecule has 1 fully saturated rings.